The van der Waals surface area contributed by atoms with Gasteiger partial charge in [0.25, 0.3) is 0 Å². The molecule has 0 radical (unpaired) electrons. The summed E-state index contributed by atoms with van der Waals surface area (Å²) in [5.41, 5.74) is 2.29. The SMILES string of the molecule is COC(=O)c1ccc(-c2cc(O)ccc2F)c(C(=O)C(C)(C)CCC=O)c1.COC(=O)c1ccc(-c2cc(OC)ccc2F)c(C2N(C)CCCC2(C)C)c1. The quantitative estimate of drug-likeness (QED) is 0.0907. The highest BCUT2D eigenvalue weighted by Crippen LogP contribution is 2.48. The average molecular weight is 758 g/mol. The van der Waals surface area contributed by atoms with Gasteiger partial charge >= 0.3 is 11.9 Å². The number of hydrogen-bond donors (Lipinski definition) is 1. The lowest BCUT2D eigenvalue weighted by Crippen LogP contribution is -2.41. The van der Waals surface area contributed by atoms with Crippen LogP contribution in [0, 0.1) is 22.5 Å². The van der Waals surface area contributed by atoms with Crippen molar-refractivity contribution in [3.05, 3.63) is 107 Å². The lowest BCUT2D eigenvalue weighted by Gasteiger charge is -2.46. The van der Waals surface area contributed by atoms with Crippen LogP contribution in [0.25, 0.3) is 22.3 Å². The van der Waals surface area contributed by atoms with Gasteiger partial charge in [-0.25, -0.2) is 18.4 Å². The molecule has 1 aliphatic rings. The van der Waals surface area contributed by atoms with Crippen molar-refractivity contribution < 1.29 is 47.3 Å². The number of nitrogens with zero attached hydrogens (tertiary/aromatic N) is 1. The Morgan fingerprint density at radius 2 is 1.42 bits per heavy atom. The van der Waals surface area contributed by atoms with E-state index in [1.165, 1.54) is 50.6 Å². The highest BCUT2D eigenvalue weighted by Gasteiger charge is 2.39. The molecule has 1 N–H and O–H groups in total. The van der Waals surface area contributed by atoms with E-state index in [2.05, 4.69) is 25.8 Å². The summed E-state index contributed by atoms with van der Waals surface area (Å²) in [6.07, 6.45) is 3.41. The van der Waals surface area contributed by atoms with Gasteiger partial charge in [0.1, 0.15) is 29.4 Å². The number of aldehydes is 1. The first kappa shape index (κ1) is 42.3. The Labute approximate surface area is 321 Å². The summed E-state index contributed by atoms with van der Waals surface area (Å²) in [7, 11) is 6.24. The number of ketones is 1. The maximum Gasteiger partial charge on any atom is 0.337 e. The zero-order valence-corrected chi connectivity index (χ0v) is 32.6. The number of aromatic hydroxyl groups is 1. The largest absolute Gasteiger partial charge is 0.508 e. The third-order valence-electron chi connectivity index (χ3n) is 10.2. The van der Waals surface area contributed by atoms with E-state index in [0.717, 1.165) is 42.9 Å². The number of likely N-dealkylation sites (tertiary alicyclic amines) is 1. The van der Waals surface area contributed by atoms with Gasteiger partial charge < -0.3 is 24.1 Å². The summed E-state index contributed by atoms with van der Waals surface area (Å²) in [4.78, 5) is 50.2. The summed E-state index contributed by atoms with van der Waals surface area (Å²) in [6.45, 7) is 8.78. The molecule has 4 aromatic carbocycles. The first-order valence-electron chi connectivity index (χ1n) is 18.0. The molecular formula is C44H49F2NO8. The van der Waals surface area contributed by atoms with Gasteiger partial charge in [0.15, 0.2) is 5.78 Å². The molecule has 11 heteroatoms. The van der Waals surface area contributed by atoms with Crippen molar-refractivity contribution >= 4 is 24.0 Å². The van der Waals surface area contributed by atoms with Crippen molar-refractivity contribution in [3.8, 4) is 33.8 Å². The number of ether oxygens (including phenoxy) is 3. The van der Waals surface area contributed by atoms with E-state index in [4.69, 9.17) is 14.2 Å². The van der Waals surface area contributed by atoms with Gasteiger partial charge in [0, 0.05) is 34.6 Å². The molecule has 1 saturated heterocycles. The van der Waals surface area contributed by atoms with Crippen molar-refractivity contribution in [1.82, 2.24) is 4.90 Å². The number of rotatable bonds is 11. The van der Waals surface area contributed by atoms with Crippen LogP contribution >= 0.6 is 0 Å². The fourth-order valence-electron chi connectivity index (χ4n) is 7.25. The van der Waals surface area contributed by atoms with Gasteiger partial charge in [-0.05, 0) is 116 Å². The van der Waals surface area contributed by atoms with Gasteiger partial charge in [0.2, 0.25) is 0 Å². The van der Waals surface area contributed by atoms with Crippen LogP contribution in [0.3, 0.4) is 0 Å². The minimum atomic E-state index is -0.905. The molecule has 0 aliphatic carbocycles. The van der Waals surface area contributed by atoms with Crippen molar-refractivity contribution in [3.63, 3.8) is 0 Å². The molecule has 1 unspecified atom stereocenters. The standard InChI is InChI=1S/C23H28FNO3.C21H21FO5/c1-23(2)11-6-12-25(3)21(23)19-13-15(22(26)28-5)7-9-17(19)18-14-16(27-4)8-10-20(18)24;1-21(2,9-4-10-23)19(25)17-11-13(20(26)27-3)5-7-15(17)16-12-14(24)6-8-18(16)22/h7-10,13-14,21H,6,11-12H2,1-5H3;5-8,10-12,24H,4,9H2,1-3H3. The number of hydrogen-bond acceptors (Lipinski definition) is 9. The van der Waals surface area contributed by atoms with E-state index in [1.54, 1.807) is 39.2 Å². The zero-order valence-electron chi connectivity index (χ0n) is 32.6. The van der Waals surface area contributed by atoms with Gasteiger partial charge in [0.05, 0.1) is 32.5 Å². The molecule has 5 rings (SSSR count). The lowest BCUT2D eigenvalue weighted by atomic mass is 9.72. The number of phenols is 1. The molecule has 4 aromatic rings. The summed E-state index contributed by atoms with van der Waals surface area (Å²) >= 11 is 0. The molecule has 1 fully saturated rings. The van der Waals surface area contributed by atoms with Crippen molar-refractivity contribution in [2.75, 3.05) is 34.9 Å². The summed E-state index contributed by atoms with van der Waals surface area (Å²) in [5.74, 6) is -1.85. The van der Waals surface area contributed by atoms with Crippen molar-refractivity contribution in [1.29, 1.82) is 0 Å². The number of carbonyl (C=O) groups is 4. The monoisotopic (exact) mass is 757 g/mol. The first-order chi connectivity index (χ1) is 26.0. The van der Waals surface area contributed by atoms with Gasteiger partial charge in [-0.3, -0.25) is 9.69 Å². The van der Waals surface area contributed by atoms with E-state index in [1.807, 2.05) is 12.1 Å². The number of benzene rings is 4. The van der Waals surface area contributed by atoms with Gasteiger partial charge in [-0.15, -0.1) is 0 Å². The third-order valence-corrected chi connectivity index (χ3v) is 10.2. The second-order valence-electron chi connectivity index (χ2n) is 14.9. The van der Waals surface area contributed by atoms with E-state index in [9.17, 15) is 33.1 Å². The minimum absolute atomic E-state index is 0.0220. The Morgan fingerprint density at radius 1 is 0.836 bits per heavy atom. The van der Waals surface area contributed by atoms with Crippen molar-refractivity contribution in [2.45, 2.75) is 59.4 Å². The molecule has 1 heterocycles. The molecular weight excluding hydrogens is 708 g/mol. The van der Waals surface area contributed by atoms with Crippen LogP contribution in [-0.2, 0) is 14.3 Å². The predicted molar refractivity (Wildman–Crippen MR) is 206 cm³/mol. The van der Waals surface area contributed by atoms with Crippen molar-refractivity contribution in [2.24, 2.45) is 10.8 Å². The maximum absolute atomic E-state index is 14.8. The second-order valence-corrected chi connectivity index (χ2v) is 14.9. The molecule has 9 nitrogen and oxygen atoms in total. The molecule has 292 valence electrons. The molecule has 0 aromatic heterocycles. The minimum Gasteiger partial charge on any atom is -0.508 e. The molecule has 0 spiro atoms. The maximum atomic E-state index is 14.8. The fourth-order valence-corrected chi connectivity index (χ4v) is 7.25. The number of phenolic OH excluding ortho intramolecular Hbond substituents is 1. The summed E-state index contributed by atoms with van der Waals surface area (Å²) < 4.78 is 44.1. The molecule has 0 bridgehead atoms. The van der Waals surface area contributed by atoms with Crippen LogP contribution in [0.15, 0.2) is 72.8 Å². The van der Waals surface area contributed by atoms with Crippen LogP contribution < -0.4 is 4.74 Å². The number of Topliss-reactive ketones (excluding diaryl/α,β-unsaturated/α-hetero) is 1. The third kappa shape index (κ3) is 9.64. The number of esters is 2. The van der Waals surface area contributed by atoms with Crippen LogP contribution in [-0.4, -0.2) is 68.9 Å². The van der Waals surface area contributed by atoms with E-state index >= 15 is 0 Å². The molecule has 55 heavy (non-hydrogen) atoms. The smallest absolute Gasteiger partial charge is 0.337 e. The second kappa shape index (κ2) is 17.8. The highest BCUT2D eigenvalue weighted by atomic mass is 19.1. The normalized spacial score (nSPS) is 15.3. The molecule has 0 saturated carbocycles. The highest BCUT2D eigenvalue weighted by molar-refractivity contribution is 6.07. The zero-order chi connectivity index (χ0) is 40.7. The summed E-state index contributed by atoms with van der Waals surface area (Å²) in [6, 6.07) is 17.9. The van der Waals surface area contributed by atoms with Crippen LogP contribution in [0.2, 0.25) is 0 Å². The average Bonchev–Trinajstić information content (AvgIpc) is 3.17. The van der Waals surface area contributed by atoms with Gasteiger partial charge in [-0.2, -0.15) is 0 Å². The predicted octanol–water partition coefficient (Wildman–Crippen LogP) is 9.25. The number of halogens is 2. The molecule has 1 aliphatic heterocycles. The first-order valence-corrected chi connectivity index (χ1v) is 18.0. The lowest BCUT2D eigenvalue weighted by molar-refractivity contribution is -0.108. The van der Waals surface area contributed by atoms with Gasteiger partial charge in [-0.1, -0.05) is 39.8 Å². The van der Waals surface area contributed by atoms with Crippen LogP contribution in [0.4, 0.5) is 8.78 Å². The number of methoxy groups -OCH3 is 3. The topological polar surface area (TPSA) is 119 Å². The van der Waals surface area contributed by atoms with Crippen LogP contribution in [0.1, 0.15) is 96.1 Å². The Balaban J connectivity index is 0.000000245. The Morgan fingerprint density at radius 3 is 2.00 bits per heavy atom. The fraction of sp³-hybridized carbons (Fsp3) is 0.364. The van der Waals surface area contributed by atoms with E-state index in [0.29, 0.717) is 23.3 Å². The molecule has 1 atom stereocenters. The number of piperidine rings is 1. The Bertz CT molecular complexity index is 2060. The van der Waals surface area contributed by atoms with Crippen LogP contribution in [0.5, 0.6) is 11.5 Å². The summed E-state index contributed by atoms with van der Waals surface area (Å²) in [5, 5.41) is 9.72. The van der Waals surface area contributed by atoms with E-state index < -0.39 is 23.2 Å². The Hall–Kier alpha value is -5.42. The number of carbonyl (C=O) groups excluding carboxylic acids is 4. The van der Waals surface area contributed by atoms with E-state index in [-0.39, 0.29) is 57.5 Å². The molecule has 0 amide bonds. The Kier molecular flexibility index (Phi) is 13.7.